The Bertz CT molecular complexity index is 476. The summed E-state index contributed by atoms with van der Waals surface area (Å²) in [5, 5.41) is 3.28. The predicted octanol–water partition coefficient (Wildman–Crippen LogP) is 3.74. The molecule has 0 saturated carbocycles. The van der Waals surface area contributed by atoms with Crippen LogP contribution in [0.1, 0.15) is 27.2 Å². The first kappa shape index (κ1) is 16.8. The highest BCUT2D eigenvalue weighted by atomic mass is 35.5. The number of benzene rings is 1. The molecule has 0 fully saturated rings. The number of hydrogen-bond donors (Lipinski definition) is 1. The third-order valence-corrected chi connectivity index (χ3v) is 3.43. The van der Waals surface area contributed by atoms with E-state index in [0.29, 0.717) is 28.8 Å². The van der Waals surface area contributed by atoms with Gasteiger partial charge in [-0.1, -0.05) is 25.4 Å². The minimum absolute atomic E-state index is 0.185. The number of hydrogen-bond acceptors (Lipinski definition) is 3. The van der Waals surface area contributed by atoms with Crippen LogP contribution in [0, 0.1) is 5.92 Å². The number of carbonyl (C=O) groups is 1. The summed E-state index contributed by atoms with van der Waals surface area (Å²) in [5.41, 5.74) is -0.242. The fourth-order valence-corrected chi connectivity index (χ4v) is 2.31. The van der Waals surface area contributed by atoms with Gasteiger partial charge in [0.1, 0.15) is 11.4 Å². The van der Waals surface area contributed by atoms with E-state index in [1.807, 2.05) is 0 Å². The molecule has 0 heterocycles. The standard InChI is InChI=1S/C15H22ClNO3/c1-10(2)9-15(3,20-5)14(18)17-11-6-7-13(19-4)12(16)8-11/h6-8,10H,9H2,1-5H3,(H,17,18)/t15-/m0/s1. The summed E-state index contributed by atoms with van der Waals surface area (Å²) >= 11 is 6.04. The third kappa shape index (κ3) is 4.12. The second kappa shape index (κ2) is 6.95. The number of amides is 1. The Hall–Kier alpha value is -1.26. The first-order valence-electron chi connectivity index (χ1n) is 6.52. The molecule has 1 amide bonds. The van der Waals surface area contributed by atoms with Crippen LogP contribution in [0.4, 0.5) is 5.69 Å². The number of nitrogens with one attached hydrogen (secondary N) is 1. The summed E-state index contributed by atoms with van der Waals surface area (Å²) in [6.07, 6.45) is 0.638. The molecule has 0 aliphatic rings. The summed E-state index contributed by atoms with van der Waals surface area (Å²) in [6.45, 7) is 5.89. The molecule has 0 saturated heterocycles. The Morgan fingerprint density at radius 1 is 1.40 bits per heavy atom. The van der Waals surface area contributed by atoms with Crippen molar-refractivity contribution >= 4 is 23.2 Å². The lowest BCUT2D eigenvalue weighted by Gasteiger charge is -2.28. The highest BCUT2D eigenvalue weighted by Crippen LogP contribution is 2.28. The second-order valence-electron chi connectivity index (χ2n) is 5.34. The summed E-state index contributed by atoms with van der Waals surface area (Å²) in [4.78, 5) is 12.4. The van der Waals surface area contributed by atoms with Crippen molar-refractivity contribution in [3.05, 3.63) is 23.2 Å². The monoisotopic (exact) mass is 299 g/mol. The molecule has 0 spiro atoms. The average Bonchev–Trinajstić information content (AvgIpc) is 2.38. The van der Waals surface area contributed by atoms with Gasteiger partial charge < -0.3 is 14.8 Å². The lowest BCUT2D eigenvalue weighted by Crippen LogP contribution is -2.43. The molecule has 1 atom stereocenters. The highest BCUT2D eigenvalue weighted by Gasteiger charge is 2.33. The molecule has 4 nitrogen and oxygen atoms in total. The third-order valence-electron chi connectivity index (χ3n) is 3.14. The van der Waals surface area contributed by atoms with Crippen molar-refractivity contribution in [1.29, 1.82) is 0 Å². The fraction of sp³-hybridized carbons (Fsp3) is 0.533. The lowest BCUT2D eigenvalue weighted by molar-refractivity contribution is -0.137. The van der Waals surface area contributed by atoms with E-state index in [-0.39, 0.29) is 5.91 Å². The van der Waals surface area contributed by atoms with E-state index in [0.717, 1.165) is 0 Å². The summed E-state index contributed by atoms with van der Waals surface area (Å²) in [5.74, 6) is 0.737. The zero-order valence-electron chi connectivity index (χ0n) is 12.6. The number of rotatable bonds is 6. The fourth-order valence-electron chi connectivity index (χ4n) is 2.06. The second-order valence-corrected chi connectivity index (χ2v) is 5.74. The number of anilines is 1. The van der Waals surface area contributed by atoms with Gasteiger partial charge in [0.15, 0.2) is 0 Å². The molecule has 0 radical (unpaired) electrons. The lowest BCUT2D eigenvalue weighted by atomic mass is 9.93. The van der Waals surface area contributed by atoms with Crippen LogP contribution in [-0.4, -0.2) is 25.7 Å². The number of methoxy groups -OCH3 is 2. The maximum absolute atomic E-state index is 12.4. The first-order valence-corrected chi connectivity index (χ1v) is 6.90. The minimum atomic E-state index is -0.861. The maximum Gasteiger partial charge on any atom is 0.256 e. The van der Waals surface area contributed by atoms with Crippen molar-refractivity contribution in [2.24, 2.45) is 5.92 Å². The van der Waals surface area contributed by atoms with Gasteiger partial charge >= 0.3 is 0 Å². The normalized spacial score (nSPS) is 13.9. The summed E-state index contributed by atoms with van der Waals surface area (Å²) in [6, 6.07) is 5.11. The summed E-state index contributed by atoms with van der Waals surface area (Å²) < 4.78 is 10.5. The topological polar surface area (TPSA) is 47.6 Å². The van der Waals surface area contributed by atoms with Gasteiger partial charge in [-0.05, 0) is 37.5 Å². The SMILES string of the molecule is COc1ccc(NC(=O)[C@](C)(CC(C)C)OC)cc1Cl. The molecule has 0 aromatic heterocycles. The molecular weight excluding hydrogens is 278 g/mol. The van der Waals surface area contributed by atoms with Gasteiger partial charge in [-0.15, -0.1) is 0 Å². The van der Waals surface area contributed by atoms with Gasteiger partial charge in [0, 0.05) is 12.8 Å². The average molecular weight is 300 g/mol. The van der Waals surface area contributed by atoms with Crippen molar-refractivity contribution in [3.8, 4) is 5.75 Å². The Balaban J connectivity index is 2.86. The highest BCUT2D eigenvalue weighted by molar-refractivity contribution is 6.32. The quantitative estimate of drug-likeness (QED) is 0.870. The Morgan fingerprint density at radius 2 is 2.05 bits per heavy atom. The minimum Gasteiger partial charge on any atom is -0.495 e. The molecule has 5 heteroatoms. The van der Waals surface area contributed by atoms with Crippen molar-refractivity contribution in [1.82, 2.24) is 0 Å². The molecule has 112 valence electrons. The van der Waals surface area contributed by atoms with E-state index in [4.69, 9.17) is 21.1 Å². The van der Waals surface area contributed by atoms with Gasteiger partial charge in [0.05, 0.1) is 12.1 Å². The van der Waals surface area contributed by atoms with Gasteiger partial charge in [0.2, 0.25) is 0 Å². The zero-order valence-corrected chi connectivity index (χ0v) is 13.4. The van der Waals surface area contributed by atoms with E-state index in [2.05, 4.69) is 19.2 Å². The number of carbonyl (C=O) groups excluding carboxylic acids is 1. The van der Waals surface area contributed by atoms with Gasteiger partial charge in [-0.3, -0.25) is 4.79 Å². The Kier molecular flexibility index (Phi) is 5.84. The molecule has 0 bridgehead atoms. The van der Waals surface area contributed by atoms with Crippen LogP contribution in [0.2, 0.25) is 5.02 Å². The molecular formula is C15H22ClNO3. The number of halogens is 1. The van der Waals surface area contributed by atoms with Crippen molar-refractivity contribution < 1.29 is 14.3 Å². The smallest absolute Gasteiger partial charge is 0.256 e. The van der Waals surface area contributed by atoms with E-state index >= 15 is 0 Å². The van der Waals surface area contributed by atoms with E-state index < -0.39 is 5.60 Å². The van der Waals surface area contributed by atoms with Crippen LogP contribution < -0.4 is 10.1 Å². The van der Waals surface area contributed by atoms with Crippen molar-refractivity contribution in [3.63, 3.8) is 0 Å². The van der Waals surface area contributed by atoms with Crippen LogP contribution in [0.25, 0.3) is 0 Å². The van der Waals surface area contributed by atoms with Gasteiger partial charge in [-0.2, -0.15) is 0 Å². The van der Waals surface area contributed by atoms with Crippen LogP contribution in [0.3, 0.4) is 0 Å². The molecule has 1 rings (SSSR count). The van der Waals surface area contributed by atoms with Crippen molar-refractivity contribution in [2.45, 2.75) is 32.8 Å². The van der Waals surface area contributed by atoms with Crippen LogP contribution in [0.15, 0.2) is 18.2 Å². The van der Waals surface area contributed by atoms with Crippen LogP contribution in [0.5, 0.6) is 5.75 Å². The van der Waals surface area contributed by atoms with Gasteiger partial charge in [-0.25, -0.2) is 0 Å². The molecule has 20 heavy (non-hydrogen) atoms. The Morgan fingerprint density at radius 3 is 2.50 bits per heavy atom. The number of ether oxygens (including phenoxy) is 2. The van der Waals surface area contributed by atoms with Crippen LogP contribution in [-0.2, 0) is 9.53 Å². The molecule has 0 aliphatic carbocycles. The van der Waals surface area contributed by atoms with Crippen molar-refractivity contribution in [2.75, 3.05) is 19.5 Å². The molecule has 1 N–H and O–H groups in total. The molecule has 0 aliphatic heterocycles. The largest absolute Gasteiger partial charge is 0.495 e. The zero-order chi connectivity index (χ0) is 15.3. The molecule has 0 unspecified atom stereocenters. The molecule has 1 aromatic carbocycles. The predicted molar refractivity (Wildman–Crippen MR) is 81.5 cm³/mol. The van der Waals surface area contributed by atoms with E-state index in [9.17, 15) is 4.79 Å². The van der Waals surface area contributed by atoms with Gasteiger partial charge in [0.25, 0.3) is 5.91 Å². The van der Waals surface area contributed by atoms with E-state index in [1.54, 1.807) is 39.3 Å². The Labute approximate surface area is 125 Å². The first-order chi connectivity index (χ1) is 9.32. The maximum atomic E-state index is 12.4. The summed E-state index contributed by atoms with van der Waals surface area (Å²) in [7, 11) is 3.09. The van der Waals surface area contributed by atoms with E-state index in [1.165, 1.54) is 0 Å². The van der Waals surface area contributed by atoms with Crippen LogP contribution >= 0.6 is 11.6 Å². The molecule has 1 aromatic rings.